The van der Waals surface area contributed by atoms with Crippen molar-refractivity contribution in [3.05, 3.63) is 107 Å². The van der Waals surface area contributed by atoms with Gasteiger partial charge in [0.25, 0.3) is 0 Å². The van der Waals surface area contributed by atoms with Crippen LogP contribution >= 0.6 is 0 Å². The van der Waals surface area contributed by atoms with E-state index < -0.39 is 0 Å². The minimum absolute atomic E-state index is 0.0166. The molecule has 4 atom stereocenters. The zero-order valence-electron chi connectivity index (χ0n) is 28.1. The summed E-state index contributed by atoms with van der Waals surface area (Å²) in [4.78, 5) is 0. The van der Waals surface area contributed by atoms with Crippen LogP contribution in [0.25, 0.3) is 0 Å². The van der Waals surface area contributed by atoms with Crippen LogP contribution in [-0.2, 0) is 9.47 Å². The maximum absolute atomic E-state index is 6.56. The molecule has 0 aromatic carbocycles. The molecular weight excluding hydrogens is 512 g/mol. The molecule has 4 aliphatic rings. The molecule has 2 aliphatic heterocycles. The molecule has 0 aromatic heterocycles. The first-order valence-corrected chi connectivity index (χ1v) is 16.1. The highest BCUT2D eigenvalue weighted by Crippen LogP contribution is 2.66. The van der Waals surface area contributed by atoms with E-state index >= 15 is 0 Å². The van der Waals surface area contributed by atoms with E-state index in [0.717, 1.165) is 12.8 Å². The van der Waals surface area contributed by atoms with Gasteiger partial charge < -0.3 is 9.47 Å². The van der Waals surface area contributed by atoms with E-state index in [9.17, 15) is 0 Å². The smallest absolute Gasteiger partial charge is 0.121 e. The van der Waals surface area contributed by atoms with Crippen molar-refractivity contribution < 1.29 is 9.47 Å². The summed E-state index contributed by atoms with van der Waals surface area (Å²) in [5.41, 5.74) is 6.66. The van der Waals surface area contributed by atoms with E-state index in [1.807, 2.05) is 0 Å². The van der Waals surface area contributed by atoms with E-state index in [-0.39, 0.29) is 33.7 Å². The van der Waals surface area contributed by atoms with E-state index in [1.165, 1.54) is 53.5 Å². The molecule has 4 rings (SSSR count). The van der Waals surface area contributed by atoms with Crippen LogP contribution in [0.15, 0.2) is 107 Å². The van der Waals surface area contributed by atoms with Gasteiger partial charge in [-0.2, -0.15) is 0 Å². The Kier molecular flexibility index (Phi) is 9.51. The van der Waals surface area contributed by atoms with Crippen molar-refractivity contribution in [2.45, 2.75) is 131 Å². The largest absolute Gasteiger partial charge is 0.359 e. The monoisotopic (exact) mass is 568 g/mol. The summed E-state index contributed by atoms with van der Waals surface area (Å²) in [6.45, 7) is 22.6. The van der Waals surface area contributed by atoms with Crippen LogP contribution in [0.4, 0.5) is 0 Å². The van der Waals surface area contributed by atoms with Gasteiger partial charge in [0, 0.05) is 5.41 Å². The van der Waals surface area contributed by atoms with Crippen molar-refractivity contribution in [3.8, 4) is 0 Å². The molecule has 4 unspecified atom stereocenters. The molecule has 0 aromatic rings. The van der Waals surface area contributed by atoms with Crippen LogP contribution in [0.5, 0.6) is 0 Å². The Morgan fingerprint density at radius 2 is 1.26 bits per heavy atom. The molecule has 0 radical (unpaired) electrons. The van der Waals surface area contributed by atoms with Gasteiger partial charge in [0.2, 0.25) is 0 Å². The molecule has 0 N–H and O–H groups in total. The highest BCUT2D eigenvalue weighted by atomic mass is 16.6. The molecule has 228 valence electrons. The highest BCUT2D eigenvalue weighted by molar-refractivity contribution is 5.38. The lowest BCUT2D eigenvalue weighted by Gasteiger charge is -2.42. The molecule has 42 heavy (non-hydrogen) atoms. The third-order valence-corrected chi connectivity index (χ3v) is 10.3. The van der Waals surface area contributed by atoms with Crippen LogP contribution in [0, 0.1) is 10.8 Å². The number of hydrogen-bond donors (Lipinski definition) is 0. The lowest BCUT2D eigenvalue weighted by Crippen LogP contribution is -2.41. The second-order valence-corrected chi connectivity index (χ2v) is 15.0. The van der Waals surface area contributed by atoms with Crippen molar-refractivity contribution in [1.82, 2.24) is 0 Å². The topological polar surface area (TPSA) is 21.8 Å². The highest BCUT2D eigenvalue weighted by Gasteiger charge is 2.73. The molecule has 2 saturated carbocycles. The van der Waals surface area contributed by atoms with Gasteiger partial charge in [-0.3, -0.25) is 0 Å². The van der Waals surface area contributed by atoms with E-state index in [0.29, 0.717) is 0 Å². The summed E-state index contributed by atoms with van der Waals surface area (Å²) < 4.78 is 12.9. The molecule has 0 spiro atoms. The minimum Gasteiger partial charge on any atom is -0.359 e. The van der Waals surface area contributed by atoms with Gasteiger partial charge in [-0.1, -0.05) is 111 Å². The first-order chi connectivity index (χ1) is 19.6. The third kappa shape index (κ3) is 6.87. The number of ether oxygens (including phenoxy) is 2. The Morgan fingerprint density at radius 1 is 0.690 bits per heavy atom. The van der Waals surface area contributed by atoms with Gasteiger partial charge in [0.15, 0.2) is 0 Å². The predicted molar refractivity (Wildman–Crippen MR) is 180 cm³/mol. The Bertz CT molecular complexity index is 1300. The standard InChI is InChI=1S/C40H56O2/c1-30(19-13-20-32(3)23-28-40-37(7,8)25-16-27-39(40,10)42-40)17-11-12-18-31(2)21-14-22-33(4)34-29-35-36(5,6)24-15-26-38(35,9)41-34/h11-14,17-23,28-29,34H,15-16,24-27H2,1-10H3/b12-11+,19-13?,21-14+,28-23?,30-17?,31-18+,32-20?,33-22+. The van der Waals surface area contributed by atoms with Gasteiger partial charge in [-0.15, -0.1) is 0 Å². The van der Waals surface area contributed by atoms with Gasteiger partial charge in [0.05, 0.1) is 17.3 Å². The third-order valence-electron chi connectivity index (χ3n) is 10.3. The minimum atomic E-state index is -0.107. The second kappa shape index (κ2) is 12.3. The van der Waals surface area contributed by atoms with Crippen molar-refractivity contribution in [2.75, 3.05) is 0 Å². The summed E-state index contributed by atoms with van der Waals surface area (Å²) in [6.07, 6.45) is 35.8. The Balaban J connectivity index is 1.26. The van der Waals surface area contributed by atoms with E-state index in [4.69, 9.17) is 9.47 Å². The molecule has 2 heterocycles. The summed E-state index contributed by atoms with van der Waals surface area (Å²) in [6, 6.07) is 0. The lowest BCUT2D eigenvalue weighted by atomic mass is 9.64. The molecular formula is C40H56O2. The van der Waals surface area contributed by atoms with Crippen LogP contribution in [0.2, 0.25) is 0 Å². The average Bonchev–Trinajstić information content (AvgIpc) is 3.37. The fourth-order valence-corrected chi connectivity index (χ4v) is 7.61. The fraction of sp³-hybridized carbons (Fsp3) is 0.550. The quantitative estimate of drug-likeness (QED) is 0.157. The molecule has 1 saturated heterocycles. The van der Waals surface area contributed by atoms with E-state index in [1.54, 1.807) is 0 Å². The Morgan fingerprint density at radius 3 is 1.88 bits per heavy atom. The summed E-state index contributed by atoms with van der Waals surface area (Å²) in [7, 11) is 0. The fourth-order valence-electron chi connectivity index (χ4n) is 7.61. The van der Waals surface area contributed by atoms with Gasteiger partial charge in [0.1, 0.15) is 5.60 Å². The molecule has 0 amide bonds. The van der Waals surface area contributed by atoms with Crippen LogP contribution in [0.1, 0.15) is 108 Å². The SMILES string of the molecule is CC(C=CC12OC1(C)CCCC2(C)C)=CC=CC(C)=C/C=C/C=C(C)/C=C/C=C(\C)C1C=C2C(C)(C)CCCC2(C)O1. The maximum atomic E-state index is 6.56. The number of rotatable bonds is 9. The summed E-state index contributed by atoms with van der Waals surface area (Å²) in [5.74, 6) is 0. The number of hydrogen-bond acceptors (Lipinski definition) is 2. The lowest BCUT2D eigenvalue weighted by molar-refractivity contribution is -0.0307. The van der Waals surface area contributed by atoms with Gasteiger partial charge in [-0.25, -0.2) is 0 Å². The predicted octanol–water partition coefficient (Wildman–Crippen LogP) is 11.0. The van der Waals surface area contributed by atoms with Crippen molar-refractivity contribution >= 4 is 0 Å². The number of epoxide rings is 1. The van der Waals surface area contributed by atoms with E-state index in [2.05, 4.69) is 148 Å². The van der Waals surface area contributed by atoms with Crippen molar-refractivity contribution in [1.29, 1.82) is 0 Å². The first kappa shape index (κ1) is 32.5. The molecule has 2 aliphatic carbocycles. The average molecular weight is 569 g/mol. The van der Waals surface area contributed by atoms with Gasteiger partial charge >= 0.3 is 0 Å². The Labute approximate surface area is 257 Å². The molecule has 2 heteroatoms. The van der Waals surface area contributed by atoms with Crippen LogP contribution in [-0.4, -0.2) is 22.9 Å². The maximum Gasteiger partial charge on any atom is 0.121 e. The van der Waals surface area contributed by atoms with Gasteiger partial charge in [-0.05, 0) is 109 Å². The number of fused-ring (bicyclic) bond motifs is 2. The molecule has 0 bridgehead atoms. The second-order valence-electron chi connectivity index (χ2n) is 15.0. The van der Waals surface area contributed by atoms with Crippen LogP contribution in [0.3, 0.4) is 0 Å². The summed E-state index contributed by atoms with van der Waals surface area (Å²) in [5, 5.41) is 0. The van der Waals surface area contributed by atoms with Crippen LogP contribution < -0.4 is 0 Å². The zero-order valence-corrected chi connectivity index (χ0v) is 28.1. The van der Waals surface area contributed by atoms with Crippen molar-refractivity contribution in [2.24, 2.45) is 10.8 Å². The number of allylic oxidation sites excluding steroid dienone is 14. The first-order valence-electron chi connectivity index (χ1n) is 16.1. The zero-order chi connectivity index (χ0) is 30.8. The summed E-state index contributed by atoms with van der Waals surface area (Å²) >= 11 is 0. The molecule has 3 fully saturated rings. The molecule has 2 nitrogen and oxygen atoms in total. The van der Waals surface area contributed by atoms with Crippen molar-refractivity contribution in [3.63, 3.8) is 0 Å². The normalized spacial score (nSPS) is 35.4. The Hall–Kier alpha value is -2.42.